The summed E-state index contributed by atoms with van der Waals surface area (Å²) in [5.74, 6) is 0.299. The topological polar surface area (TPSA) is 125 Å². The minimum Gasteiger partial charge on any atom is -0.497 e. The third-order valence-electron chi connectivity index (χ3n) is 3.82. The molecule has 1 amide bonds. The molecule has 3 aromatic rings. The number of methoxy groups -OCH3 is 1. The highest BCUT2D eigenvalue weighted by Gasteiger charge is 2.23. The minimum absolute atomic E-state index is 0.0167. The fourth-order valence-corrected chi connectivity index (χ4v) is 3.22. The van der Waals surface area contributed by atoms with Crippen molar-refractivity contribution in [2.24, 2.45) is 0 Å². The molecular formula is C16H16N6O4S. The molecule has 0 atom stereocenters. The van der Waals surface area contributed by atoms with E-state index < -0.39 is 4.92 Å². The Labute approximate surface area is 158 Å². The van der Waals surface area contributed by atoms with Crippen molar-refractivity contribution < 1.29 is 14.5 Å². The van der Waals surface area contributed by atoms with Crippen LogP contribution in [0.5, 0.6) is 5.75 Å². The molecule has 2 heterocycles. The summed E-state index contributed by atoms with van der Waals surface area (Å²) < 4.78 is 6.56. The summed E-state index contributed by atoms with van der Waals surface area (Å²) >= 11 is 1.11. The van der Waals surface area contributed by atoms with Crippen LogP contribution in [0, 0.1) is 24.0 Å². The maximum Gasteiger partial charge on any atom is 0.312 e. The van der Waals surface area contributed by atoms with Crippen LogP contribution >= 0.6 is 11.3 Å². The Morgan fingerprint density at radius 2 is 2.00 bits per heavy atom. The molecular weight excluding hydrogens is 372 g/mol. The molecule has 140 valence electrons. The summed E-state index contributed by atoms with van der Waals surface area (Å²) in [6, 6.07) is 6.90. The smallest absolute Gasteiger partial charge is 0.312 e. The first-order valence-electron chi connectivity index (χ1n) is 7.85. The zero-order valence-corrected chi connectivity index (χ0v) is 15.6. The second kappa shape index (κ2) is 7.50. The standard InChI is InChI=1S/C16H16N6O4S/c1-9-14(22(24)25)10(2)21(20-9)8-13-18-19-16(27-13)15(23)17-11-4-6-12(26-3)7-5-11/h4-7H,8H2,1-3H3,(H,17,23). The van der Waals surface area contributed by atoms with Crippen LogP contribution < -0.4 is 10.1 Å². The first-order valence-corrected chi connectivity index (χ1v) is 8.67. The first-order chi connectivity index (χ1) is 12.9. The number of anilines is 1. The minimum atomic E-state index is -0.456. The summed E-state index contributed by atoms with van der Waals surface area (Å²) in [6.07, 6.45) is 0. The Morgan fingerprint density at radius 1 is 1.30 bits per heavy atom. The van der Waals surface area contributed by atoms with Crippen LogP contribution in [0.25, 0.3) is 0 Å². The maximum atomic E-state index is 12.3. The molecule has 27 heavy (non-hydrogen) atoms. The third kappa shape index (κ3) is 3.92. The Hall–Kier alpha value is -3.34. The summed E-state index contributed by atoms with van der Waals surface area (Å²) in [6.45, 7) is 3.40. The van der Waals surface area contributed by atoms with Gasteiger partial charge in [0.25, 0.3) is 5.91 Å². The number of aromatic nitrogens is 4. The van der Waals surface area contributed by atoms with Gasteiger partial charge < -0.3 is 10.1 Å². The monoisotopic (exact) mass is 388 g/mol. The van der Waals surface area contributed by atoms with Crippen molar-refractivity contribution in [2.75, 3.05) is 12.4 Å². The molecule has 0 radical (unpaired) electrons. The number of nitrogens with zero attached hydrogens (tertiary/aromatic N) is 5. The highest BCUT2D eigenvalue weighted by Crippen LogP contribution is 2.23. The molecule has 0 aliphatic rings. The number of benzene rings is 1. The van der Waals surface area contributed by atoms with Crippen molar-refractivity contribution in [1.29, 1.82) is 0 Å². The number of aryl methyl sites for hydroxylation is 1. The molecule has 0 spiro atoms. The second-order valence-corrected chi connectivity index (χ2v) is 6.68. The number of carbonyl (C=O) groups excluding carboxylic acids is 1. The fourth-order valence-electron chi connectivity index (χ4n) is 2.50. The van der Waals surface area contributed by atoms with E-state index >= 15 is 0 Å². The molecule has 0 aliphatic carbocycles. The van der Waals surface area contributed by atoms with Gasteiger partial charge in [-0.3, -0.25) is 19.6 Å². The van der Waals surface area contributed by atoms with Gasteiger partial charge in [-0.25, -0.2) is 0 Å². The molecule has 1 aromatic carbocycles. The maximum absolute atomic E-state index is 12.3. The van der Waals surface area contributed by atoms with E-state index in [4.69, 9.17) is 4.74 Å². The third-order valence-corrected chi connectivity index (χ3v) is 4.73. The van der Waals surface area contributed by atoms with Crippen LogP contribution in [0.1, 0.15) is 26.2 Å². The molecule has 0 saturated heterocycles. The van der Waals surface area contributed by atoms with Crippen LogP contribution in [0.2, 0.25) is 0 Å². The molecule has 0 bridgehead atoms. The molecule has 2 aromatic heterocycles. The van der Waals surface area contributed by atoms with E-state index in [0.29, 0.717) is 27.8 Å². The van der Waals surface area contributed by atoms with Crippen molar-refractivity contribution in [1.82, 2.24) is 20.0 Å². The Balaban J connectivity index is 1.72. The zero-order valence-electron chi connectivity index (χ0n) is 14.8. The SMILES string of the molecule is COc1ccc(NC(=O)c2nnc(Cn3nc(C)c([N+](=O)[O-])c3C)s2)cc1. The van der Waals surface area contributed by atoms with Crippen molar-refractivity contribution in [3.8, 4) is 5.75 Å². The van der Waals surface area contributed by atoms with Gasteiger partial charge in [-0.2, -0.15) is 5.10 Å². The second-order valence-electron chi connectivity index (χ2n) is 5.62. The van der Waals surface area contributed by atoms with Gasteiger partial charge in [0.05, 0.1) is 18.6 Å². The number of rotatable bonds is 6. The van der Waals surface area contributed by atoms with Gasteiger partial charge in [-0.1, -0.05) is 11.3 Å². The Bertz CT molecular complexity index is 995. The molecule has 3 rings (SSSR count). The van der Waals surface area contributed by atoms with E-state index in [1.165, 1.54) is 4.68 Å². The first kappa shape index (κ1) is 18.5. The molecule has 11 heteroatoms. The van der Waals surface area contributed by atoms with E-state index in [1.807, 2.05) is 0 Å². The number of amides is 1. The lowest BCUT2D eigenvalue weighted by Gasteiger charge is -2.04. The molecule has 0 aliphatic heterocycles. The van der Waals surface area contributed by atoms with Gasteiger partial charge in [0.2, 0.25) is 5.01 Å². The molecule has 0 saturated carbocycles. The van der Waals surface area contributed by atoms with Gasteiger partial charge in [0.1, 0.15) is 22.1 Å². The largest absolute Gasteiger partial charge is 0.497 e. The highest BCUT2D eigenvalue weighted by molar-refractivity contribution is 7.13. The van der Waals surface area contributed by atoms with Gasteiger partial charge in [0.15, 0.2) is 0 Å². The van der Waals surface area contributed by atoms with Crippen molar-refractivity contribution in [3.05, 3.63) is 55.8 Å². The van der Waals surface area contributed by atoms with Crippen LogP contribution in [0.4, 0.5) is 11.4 Å². The highest BCUT2D eigenvalue weighted by atomic mass is 32.1. The predicted octanol–water partition coefficient (Wildman–Crippen LogP) is 2.57. The van der Waals surface area contributed by atoms with E-state index in [2.05, 4.69) is 20.6 Å². The lowest BCUT2D eigenvalue weighted by atomic mass is 10.3. The number of nitro groups is 1. The molecule has 10 nitrogen and oxygen atoms in total. The van der Waals surface area contributed by atoms with E-state index in [-0.39, 0.29) is 23.1 Å². The van der Waals surface area contributed by atoms with Crippen molar-refractivity contribution in [2.45, 2.75) is 20.4 Å². The van der Waals surface area contributed by atoms with Crippen LogP contribution in [-0.4, -0.2) is 37.9 Å². The number of hydrogen-bond donors (Lipinski definition) is 1. The lowest BCUT2D eigenvalue weighted by Crippen LogP contribution is -2.11. The van der Waals surface area contributed by atoms with E-state index in [9.17, 15) is 14.9 Å². The fraction of sp³-hybridized carbons (Fsp3) is 0.250. The van der Waals surface area contributed by atoms with Gasteiger partial charge in [0, 0.05) is 5.69 Å². The lowest BCUT2D eigenvalue weighted by molar-refractivity contribution is -0.386. The zero-order chi connectivity index (χ0) is 19.6. The number of hydrogen-bond acceptors (Lipinski definition) is 8. The summed E-state index contributed by atoms with van der Waals surface area (Å²) in [5.41, 5.74) is 1.35. The van der Waals surface area contributed by atoms with Gasteiger partial charge >= 0.3 is 5.69 Å². The van der Waals surface area contributed by atoms with Crippen LogP contribution in [0.3, 0.4) is 0 Å². The summed E-state index contributed by atoms with van der Waals surface area (Å²) in [5, 5.41) is 26.6. The average Bonchev–Trinajstić information content (AvgIpc) is 3.20. The average molecular weight is 388 g/mol. The van der Waals surface area contributed by atoms with Gasteiger partial charge in [-0.05, 0) is 38.1 Å². The van der Waals surface area contributed by atoms with E-state index in [0.717, 1.165) is 11.3 Å². The van der Waals surface area contributed by atoms with Crippen LogP contribution in [0.15, 0.2) is 24.3 Å². The van der Waals surface area contributed by atoms with Gasteiger partial charge in [-0.15, -0.1) is 10.2 Å². The summed E-state index contributed by atoms with van der Waals surface area (Å²) in [7, 11) is 1.56. The normalized spacial score (nSPS) is 10.6. The quantitative estimate of drug-likeness (QED) is 0.508. The van der Waals surface area contributed by atoms with Crippen molar-refractivity contribution in [3.63, 3.8) is 0 Å². The number of nitrogens with one attached hydrogen (secondary N) is 1. The Kier molecular flexibility index (Phi) is 5.12. The number of carbonyl (C=O) groups is 1. The van der Waals surface area contributed by atoms with E-state index in [1.54, 1.807) is 45.2 Å². The molecule has 0 unspecified atom stereocenters. The van der Waals surface area contributed by atoms with Crippen molar-refractivity contribution >= 4 is 28.6 Å². The number of ether oxygens (including phenoxy) is 1. The molecule has 1 N–H and O–H groups in total. The van der Waals surface area contributed by atoms with Crippen LogP contribution in [-0.2, 0) is 6.54 Å². The predicted molar refractivity (Wildman–Crippen MR) is 98.3 cm³/mol. The molecule has 0 fully saturated rings. The Morgan fingerprint density at radius 3 is 2.59 bits per heavy atom. The summed E-state index contributed by atoms with van der Waals surface area (Å²) in [4.78, 5) is 22.9.